The van der Waals surface area contributed by atoms with Gasteiger partial charge >= 0.3 is 0 Å². The molecule has 1 N–H and O–H groups in total. The van der Waals surface area contributed by atoms with Gasteiger partial charge in [-0.05, 0) is 24.3 Å². The van der Waals surface area contributed by atoms with Crippen LogP contribution in [0, 0.1) is 5.92 Å². The zero-order chi connectivity index (χ0) is 17.6. The van der Waals surface area contributed by atoms with Crippen molar-refractivity contribution >= 4 is 46.7 Å². The number of nitrogens with one attached hydrogen (secondary N) is 1. The van der Waals surface area contributed by atoms with Crippen LogP contribution in [0.5, 0.6) is 0 Å². The Balaban J connectivity index is 1.49. The van der Waals surface area contributed by atoms with Gasteiger partial charge in [0.05, 0.1) is 11.6 Å². The van der Waals surface area contributed by atoms with Gasteiger partial charge in [0.2, 0.25) is 11.8 Å². The fourth-order valence-corrected chi connectivity index (χ4v) is 4.43. The molecule has 8 heteroatoms. The Kier molecular flexibility index (Phi) is 4.21. The largest absolute Gasteiger partial charge is 0.312 e. The summed E-state index contributed by atoms with van der Waals surface area (Å²) >= 11 is 7.69. The molecule has 6 nitrogen and oxygen atoms in total. The average molecular weight is 377 g/mol. The lowest BCUT2D eigenvalue weighted by Gasteiger charge is -2.17. The number of benzene rings is 1. The molecule has 0 aliphatic carbocycles. The van der Waals surface area contributed by atoms with E-state index in [1.165, 1.54) is 0 Å². The van der Waals surface area contributed by atoms with Crippen molar-refractivity contribution in [2.75, 3.05) is 16.8 Å². The fourth-order valence-electron chi connectivity index (χ4n) is 3.27. The van der Waals surface area contributed by atoms with Crippen LogP contribution in [0.2, 0.25) is 5.02 Å². The molecule has 0 bridgehead atoms. The minimum atomic E-state index is -0.372. The molecular weight excluding hydrogens is 360 g/mol. The Labute approximate surface area is 154 Å². The molecule has 0 radical (unpaired) electrons. The molecular formula is C17H17ClN4O2S. The van der Waals surface area contributed by atoms with Crippen molar-refractivity contribution in [2.45, 2.75) is 17.9 Å². The Hall–Kier alpha value is -1.99. The van der Waals surface area contributed by atoms with Crippen molar-refractivity contribution in [3.8, 4) is 0 Å². The molecule has 1 saturated heterocycles. The second kappa shape index (κ2) is 6.38. The molecule has 1 aromatic heterocycles. The van der Waals surface area contributed by atoms with Crippen molar-refractivity contribution in [3.63, 3.8) is 0 Å². The third-order valence-electron chi connectivity index (χ3n) is 4.59. The highest BCUT2D eigenvalue weighted by Crippen LogP contribution is 2.35. The van der Waals surface area contributed by atoms with Gasteiger partial charge in [-0.15, -0.1) is 0 Å². The Morgan fingerprint density at radius 2 is 2.08 bits per heavy atom. The first-order valence-corrected chi connectivity index (χ1v) is 9.55. The lowest BCUT2D eigenvalue weighted by Crippen LogP contribution is -2.28. The lowest BCUT2D eigenvalue weighted by molar-refractivity contribution is -0.122. The SMILES string of the molecule is Cn1nc2c(c1NC(=O)C1CC(=O)N(c3ccc(Cl)cc3)C1)CSC2. The van der Waals surface area contributed by atoms with Crippen molar-refractivity contribution < 1.29 is 9.59 Å². The van der Waals surface area contributed by atoms with Gasteiger partial charge < -0.3 is 10.2 Å². The summed E-state index contributed by atoms with van der Waals surface area (Å²) < 4.78 is 1.72. The van der Waals surface area contributed by atoms with Gasteiger partial charge in [-0.2, -0.15) is 16.9 Å². The summed E-state index contributed by atoms with van der Waals surface area (Å²) in [5.74, 6) is 1.94. The van der Waals surface area contributed by atoms with Crippen LogP contribution in [0.3, 0.4) is 0 Å². The summed E-state index contributed by atoms with van der Waals surface area (Å²) in [7, 11) is 1.83. The van der Waals surface area contributed by atoms with E-state index in [0.717, 1.165) is 34.3 Å². The molecule has 25 heavy (non-hydrogen) atoms. The number of carbonyl (C=O) groups excluding carboxylic acids is 2. The molecule has 0 spiro atoms. The molecule has 4 rings (SSSR count). The monoisotopic (exact) mass is 376 g/mol. The van der Waals surface area contributed by atoms with E-state index in [-0.39, 0.29) is 24.2 Å². The Bertz CT molecular complexity index is 849. The van der Waals surface area contributed by atoms with Crippen LogP contribution < -0.4 is 10.2 Å². The van der Waals surface area contributed by atoms with E-state index in [1.54, 1.807) is 45.6 Å². The second-order valence-corrected chi connectivity index (χ2v) is 7.68. The van der Waals surface area contributed by atoms with Crippen molar-refractivity contribution in [1.82, 2.24) is 9.78 Å². The van der Waals surface area contributed by atoms with E-state index in [1.807, 2.05) is 7.05 Å². The van der Waals surface area contributed by atoms with Crippen LogP contribution in [0.1, 0.15) is 17.7 Å². The number of nitrogens with zero attached hydrogens (tertiary/aromatic N) is 3. The maximum absolute atomic E-state index is 12.7. The minimum absolute atomic E-state index is 0.0479. The summed E-state index contributed by atoms with van der Waals surface area (Å²) in [4.78, 5) is 26.6. The molecule has 3 heterocycles. The van der Waals surface area contributed by atoms with E-state index in [2.05, 4.69) is 10.4 Å². The van der Waals surface area contributed by atoms with E-state index in [4.69, 9.17) is 11.6 Å². The van der Waals surface area contributed by atoms with Gasteiger partial charge in [0.1, 0.15) is 5.82 Å². The van der Waals surface area contributed by atoms with Crippen LogP contribution in [-0.2, 0) is 28.1 Å². The second-order valence-electron chi connectivity index (χ2n) is 6.26. The molecule has 2 aliphatic rings. The summed E-state index contributed by atoms with van der Waals surface area (Å²) in [6, 6.07) is 7.08. The van der Waals surface area contributed by atoms with Gasteiger partial charge in [-0.25, -0.2) is 0 Å². The average Bonchev–Trinajstić information content (AvgIpc) is 3.26. The predicted molar refractivity (Wildman–Crippen MR) is 98.7 cm³/mol. The molecule has 130 valence electrons. The minimum Gasteiger partial charge on any atom is -0.312 e. The van der Waals surface area contributed by atoms with Crippen LogP contribution in [0.4, 0.5) is 11.5 Å². The molecule has 1 aromatic carbocycles. The topological polar surface area (TPSA) is 67.2 Å². The smallest absolute Gasteiger partial charge is 0.230 e. The van der Waals surface area contributed by atoms with E-state index in [0.29, 0.717) is 11.6 Å². The first kappa shape index (κ1) is 16.5. The number of fused-ring (bicyclic) bond motifs is 1. The van der Waals surface area contributed by atoms with Gasteiger partial charge in [0.15, 0.2) is 0 Å². The van der Waals surface area contributed by atoms with Gasteiger partial charge in [-0.3, -0.25) is 14.3 Å². The number of halogens is 1. The number of hydrogen-bond acceptors (Lipinski definition) is 4. The molecule has 2 aromatic rings. The molecule has 2 amide bonds. The Morgan fingerprint density at radius 3 is 2.84 bits per heavy atom. The third kappa shape index (κ3) is 3.02. The maximum atomic E-state index is 12.7. The van der Waals surface area contributed by atoms with E-state index >= 15 is 0 Å². The van der Waals surface area contributed by atoms with Crippen LogP contribution in [0.25, 0.3) is 0 Å². The summed E-state index contributed by atoms with van der Waals surface area (Å²) in [5.41, 5.74) is 2.90. The predicted octanol–water partition coefficient (Wildman–Crippen LogP) is 2.81. The number of hydrogen-bond donors (Lipinski definition) is 1. The zero-order valence-corrected chi connectivity index (χ0v) is 15.2. The first-order valence-electron chi connectivity index (χ1n) is 8.02. The molecule has 0 saturated carbocycles. The van der Waals surface area contributed by atoms with Gasteiger partial charge in [0.25, 0.3) is 0 Å². The van der Waals surface area contributed by atoms with Gasteiger partial charge in [0, 0.05) is 47.8 Å². The lowest BCUT2D eigenvalue weighted by atomic mass is 10.1. The van der Waals surface area contributed by atoms with E-state index in [9.17, 15) is 9.59 Å². The van der Waals surface area contributed by atoms with Crippen molar-refractivity contribution in [3.05, 3.63) is 40.5 Å². The third-order valence-corrected chi connectivity index (χ3v) is 5.81. The normalized spacial score (nSPS) is 19.4. The maximum Gasteiger partial charge on any atom is 0.230 e. The number of thioether (sulfide) groups is 1. The Morgan fingerprint density at radius 1 is 1.32 bits per heavy atom. The van der Waals surface area contributed by atoms with Crippen molar-refractivity contribution in [2.24, 2.45) is 13.0 Å². The number of amides is 2. The molecule has 2 aliphatic heterocycles. The quantitative estimate of drug-likeness (QED) is 0.894. The van der Waals surface area contributed by atoms with Crippen LogP contribution in [-0.4, -0.2) is 28.1 Å². The molecule has 1 unspecified atom stereocenters. The first-order chi connectivity index (χ1) is 12.0. The molecule has 1 fully saturated rings. The summed E-state index contributed by atoms with van der Waals surface area (Å²) in [6.07, 6.45) is 0.212. The summed E-state index contributed by atoms with van der Waals surface area (Å²) in [6.45, 7) is 0.376. The number of aromatic nitrogens is 2. The standard InChI is InChI=1S/C17H17ClN4O2S/c1-21-16(13-8-25-9-14(13)20-21)19-17(24)10-6-15(23)22(7-10)12-4-2-11(18)3-5-12/h2-5,10H,6-9H2,1H3,(H,19,24). The number of anilines is 2. The molecule has 1 atom stereocenters. The highest BCUT2D eigenvalue weighted by atomic mass is 35.5. The number of aryl methyl sites for hydroxylation is 1. The zero-order valence-electron chi connectivity index (χ0n) is 13.7. The van der Waals surface area contributed by atoms with E-state index < -0.39 is 0 Å². The van der Waals surface area contributed by atoms with Crippen LogP contribution >= 0.6 is 23.4 Å². The summed E-state index contributed by atoms with van der Waals surface area (Å²) in [5, 5.41) is 8.05. The highest BCUT2D eigenvalue weighted by Gasteiger charge is 2.36. The van der Waals surface area contributed by atoms with Crippen molar-refractivity contribution in [1.29, 1.82) is 0 Å². The number of carbonyl (C=O) groups is 2. The van der Waals surface area contributed by atoms with Gasteiger partial charge in [-0.1, -0.05) is 11.6 Å². The highest BCUT2D eigenvalue weighted by molar-refractivity contribution is 7.98. The fraction of sp³-hybridized carbons (Fsp3) is 0.353. The number of rotatable bonds is 3. The van der Waals surface area contributed by atoms with Crippen LogP contribution in [0.15, 0.2) is 24.3 Å².